The second kappa shape index (κ2) is 6.43. The zero-order chi connectivity index (χ0) is 17.2. The first-order chi connectivity index (χ1) is 12.2. The van der Waals surface area contributed by atoms with E-state index in [2.05, 4.69) is 15.3 Å². The minimum atomic E-state index is -0.0587. The molecule has 1 aliphatic rings. The number of hydrogen-bond acceptors (Lipinski definition) is 6. The topological polar surface area (TPSA) is 71.3 Å². The Kier molecular flexibility index (Phi) is 3.97. The Morgan fingerprint density at radius 2 is 2.12 bits per heavy atom. The number of aryl methyl sites for hydroxylation is 1. The molecule has 0 unspecified atom stereocenters. The maximum absolute atomic E-state index is 5.83. The highest BCUT2D eigenvalue weighted by molar-refractivity contribution is 5.67. The van der Waals surface area contributed by atoms with E-state index >= 15 is 0 Å². The van der Waals surface area contributed by atoms with Crippen molar-refractivity contribution >= 4 is 0 Å². The van der Waals surface area contributed by atoms with Crippen LogP contribution in [0.1, 0.15) is 12.5 Å². The van der Waals surface area contributed by atoms with Crippen LogP contribution in [-0.2, 0) is 6.54 Å². The first-order valence-corrected chi connectivity index (χ1v) is 8.06. The molecule has 128 valence electrons. The predicted octanol–water partition coefficient (Wildman–Crippen LogP) is 2.84. The minimum Gasteiger partial charge on any atom is -0.487 e. The summed E-state index contributed by atoms with van der Waals surface area (Å²) in [7, 11) is 0. The molecule has 0 bridgehead atoms. The van der Waals surface area contributed by atoms with Crippen LogP contribution in [0, 0.1) is 6.92 Å². The molecular formula is C18H18N4O3. The third-order valence-electron chi connectivity index (χ3n) is 3.95. The van der Waals surface area contributed by atoms with Crippen molar-refractivity contribution in [2.24, 2.45) is 0 Å². The van der Waals surface area contributed by atoms with Crippen LogP contribution in [0.15, 0.2) is 42.9 Å². The summed E-state index contributed by atoms with van der Waals surface area (Å²) >= 11 is 0. The zero-order valence-corrected chi connectivity index (χ0v) is 14.0. The Balaban J connectivity index is 1.49. The third-order valence-corrected chi connectivity index (χ3v) is 3.95. The van der Waals surface area contributed by atoms with Gasteiger partial charge in [-0.15, -0.1) is 5.10 Å². The van der Waals surface area contributed by atoms with Crippen molar-refractivity contribution in [2.75, 3.05) is 6.79 Å². The van der Waals surface area contributed by atoms with E-state index in [0.29, 0.717) is 6.54 Å². The predicted molar refractivity (Wildman–Crippen MR) is 90.6 cm³/mol. The molecule has 0 fully saturated rings. The molecule has 0 amide bonds. The van der Waals surface area contributed by atoms with Crippen LogP contribution in [0.2, 0.25) is 0 Å². The lowest BCUT2D eigenvalue weighted by atomic mass is 10.1. The highest BCUT2D eigenvalue weighted by atomic mass is 16.7. The number of hydrogen-bond donors (Lipinski definition) is 0. The molecule has 1 aliphatic heterocycles. The quantitative estimate of drug-likeness (QED) is 0.712. The van der Waals surface area contributed by atoms with E-state index in [9.17, 15) is 0 Å². The molecule has 3 aromatic rings. The summed E-state index contributed by atoms with van der Waals surface area (Å²) in [6, 6.07) is 7.64. The molecule has 2 aromatic heterocycles. The van der Waals surface area contributed by atoms with Gasteiger partial charge < -0.3 is 14.2 Å². The van der Waals surface area contributed by atoms with E-state index in [4.69, 9.17) is 14.2 Å². The van der Waals surface area contributed by atoms with Gasteiger partial charge in [0.05, 0.1) is 18.9 Å². The van der Waals surface area contributed by atoms with E-state index in [1.54, 1.807) is 17.1 Å². The first kappa shape index (κ1) is 15.4. The molecule has 4 rings (SSSR count). The van der Waals surface area contributed by atoms with Crippen LogP contribution in [-0.4, -0.2) is 32.9 Å². The first-order valence-electron chi connectivity index (χ1n) is 8.06. The van der Waals surface area contributed by atoms with Crippen molar-refractivity contribution in [3.8, 4) is 28.5 Å². The van der Waals surface area contributed by atoms with Gasteiger partial charge >= 0.3 is 0 Å². The normalized spacial score (nSPS) is 13.7. The standard InChI is InChI=1S/C18H18N4O3/c1-12-6-17-18(24-11-23-17)7-15(12)16-10-22(21-20-16)9-13(2)25-14-4-3-5-19-8-14/h3-8,10,13H,9,11H2,1-2H3/t13-/m0/s1. The van der Waals surface area contributed by atoms with Crippen molar-refractivity contribution < 1.29 is 14.2 Å². The summed E-state index contributed by atoms with van der Waals surface area (Å²) < 4.78 is 18.5. The van der Waals surface area contributed by atoms with E-state index in [0.717, 1.165) is 34.1 Å². The second-order valence-corrected chi connectivity index (χ2v) is 5.96. The molecular weight excluding hydrogens is 320 g/mol. The fourth-order valence-electron chi connectivity index (χ4n) is 2.78. The summed E-state index contributed by atoms with van der Waals surface area (Å²) in [4.78, 5) is 4.04. The van der Waals surface area contributed by atoms with Gasteiger partial charge in [-0.1, -0.05) is 5.21 Å². The molecule has 0 radical (unpaired) electrons. The SMILES string of the molecule is Cc1cc2c(cc1-c1cn(C[C@H](C)Oc3cccnc3)nn1)OCO2. The number of aromatic nitrogens is 4. The molecule has 0 aliphatic carbocycles. The fourth-order valence-corrected chi connectivity index (χ4v) is 2.78. The molecule has 7 heteroatoms. The van der Waals surface area contributed by atoms with Gasteiger partial charge in [0.15, 0.2) is 11.5 Å². The molecule has 3 heterocycles. The number of ether oxygens (including phenoxy) is 3. The van der Waals surface area contributed by atoms with Gasteiger partial charge in [0.1, 0.15) is 17.5 Å². The van der Waals surface area contributed by atoms with Gasteiger partial charge in [0, 0.05) is 11.8 Å². The fraction of sp³-hybridized carbons (Fsp3) is 0.278. The number of fused-ring (bicyclic) bond motifs is 1. The Bertz CT molecular complexity index is 879. The Morgan fingerprint density at radius 1 is 1.28 bits per heavy atom. The number of pyridine rings is 1. The average molecular weight is 338 g/mol. The number of rotatable bonds is 5. The number of nitrogens with zero attached hydrogens (tertiary/aromatic N) is 4. The van der Waals surface area contributed by atoms with E-state index in [1.165, 1.54) is 0 Å². The van der Waals surface area contributed by atoms with Gasteiger partial charge in [-0.2, -0.15) is 0 Å². The highest BCUT2D eigenvalue weighted by Gasteiger charge is 2.18. The molecule has 0 N–H and O–H groups in total. The van der Waals surface area contributed by atoms with Crippen LogP contribution >= 0.6 is 0 Å². The van der Waals surface area contributed by atoms with Gasteiger partial charge in [-0.05, 0) is 43.7 Å². The average Bonchev–Trinajstić information content (AvgIpc) is 3.23. The summed E-state index contributed by atoms with van der Waals surface area (Å²) in [5.41, 5.74) is 2.84. The highest BCUT2D eigenvalue weighted by Crippen LogP contribution is 2.37. The van der Waals surface area contributed by atoms with Gasteiger partial charge in [0.25, 0.3) is 0 Å². The summed E-state index contributed by atoms with van der Waals surface area (Å²) in [6.07, 6.45) is 5.26. The summed E-state index contributed by atoms with van der Waals surface area (Å²) in [6.45, 7) is 4.85. The molecule has 25 heavy (non-hydrogen) atoms. The lowest BCUT2D eigenvalue weighted by Crippen LogP contribution is -2.20. The lowest BCUT2D eigenvalue weighted by Gasteiger charge is -2.13. The summed E-state index contributed by atoms with van der Waals surface area (Å²) in [5, 5.41) is 8.49. The molecule has 0 saturated heterocycles. The maximum atomic E-state index is 5.83. The maximum Gasteiger partial charge on any atom is 0.231 e. The molecule has 0 spiro atoms. The van der Waals surface area contributed by atoms with Crippen LogP contribution in [0.3, 0.4) is 0 Å². The van der Waals surface area contributed by atoms with Crippen LogP contribution in [0.5, 0.6) is 17.2 Å². The molecule has 7 nitrogen and oxygen atoms in total. The summed E-state index contributed by atoms with van der Waals surface area (Å²) in [5.74, 6) is 2.25. The van der Waals surface area contributed by atoms with Crippen LogP contribution in [0.4, 0.5) is 0 Å². The van der Waals surface area contributed by atoms with Crippen LogP contribution in [0.25, 0.3) is 11.3 Å². The molecule has 1 atom stereocenters. The molecule has 1 aromatic carbocycles. The van der Waals surface area contributed by atoms with Crippen molar-refractivity contribution in [1.82, 2.24) is 20.0 Å². The Hall–Kier alpha value is -3.09. The minimum absolute atomic E-state index is 0.0587. The monoisotopic (exact) mass is 338 g/mol. The smallest absolute Gasteiger partial charge is 0.231 e. The molecule has 0 saturated carbocycles. The van der Waals surface area contributed by atoms with Crippen molar-refractivity contribution in [3.63, 3.8) is 0 Å². The van der Waals surface area contributed by atoms with Gasteiger partial charge in [-0.3, -0.25) is 4.98 Å². The van der Waals surface area contributed by atoms with E-state index < -0.39 is 0 Å². The lowest BCUT2D eigenvalue weighted by molar-refractivity contribution is 0.174. The van der Waals surface area contributed by atoms with Crippen molar-refractivity contribution in [3.05, 3.63) is 48.4 Å². The zero-order valence-electron chi connectivity index (χ0n) is 14.0. The second-order valence-electron chi connectivity index (χ2n) is 5.96. The Labute approximate surface area is 145 Å². The number of benzene rings is 1. The van der Waals surface area contributed by atoms with E-state index in [-0.39, 0.29) is 12.9 Å². The van der Waals surface area contributed by atoms with E-state index in [1.807, 2.05) is 44.3 Å². The van der Waals surface area contributed by atoms with Crippen molar-refractivity contribution in [1.29, 1.82) is 0 Å². The largest absolute Gasteiger partial charge is 0.487 e. The Morgan fingerprint density at radius 3 is 2.92 bits per heavy atom. The van der Waals surface area contributed by atoms with Crippen LogP contribution < -0.4 is 14.2 Å². The third kappa shape index (κ3) is 3.26. The van der Waals surface area contributed by atoms with Crippen molar-refractivity contribution in [2.45, 2.75) is 26.5 Å². The van der Waals surface area contributed by atoms with Gasteiger partial charge in [0.2, 0.25) is 6.79 Å². The van der Waals surface area contributed by atoms with Gasteiger partial charge in [-0.25, -0.2) is 4.68 Å².